The molecule has 31 heavy (non-hydrogen) atoms. The van der Waals surface area contributed by atoms with Gasteiger partial charge in [-0.3, -0.25) is 4.79 Å². The Morgan fingerprint density at radius 3 is 2.39 bits per heavy atom. The van der Waals surface area contributed by atoms with E-state index < -0.39 is 22.6 Å². The number of fused-ring (bicyclic) bond motifs is 3. The Morgan fingerprint density at radius 1 is 0.871 bits per heavy atom. The summed E-state index contributed by atoms with van der Waals surface area (Å²) in [7, 11) is -0.857. The third-order valence-electron chi connectivity index (χ3n) is 5.30. The Balaban J connectivity index is 1.48. The van der Waals surface area contributed by atoms with Gasteiger partial charge in [0.25, 0.3) is 0 Å². The molecule has 3 aromatic carbocycles. The highest BCUT2D eigenvalue weighted by Crippen LogP contribution is 2.36. The number of hydrogen-bond donors (Lipinski definition) is 0. The molecule has 0 radical (unpaired) electrons. The van der Waals surface area contributed by atoms with Crippen LogP contribution in [0.2, 0.25) is 0 Å². The number of esters is 1. The lowest BCUT2D eigenvalue weighted by molar-refractivity contribution is 0.0474. The van der Waals surface area contributed by atoms with Crippen molar-refractivity contribution in [2.75, 3.05) is 20.7 Å². The molecule has 0 bridgehead atoms. The smallest absolute Gasteiger partial charge is 0.338 e. The van der Waals surface area contributed by atoms with Crippen LogP contribution in [0.5, 0.6) is 0 Å². The second-order valence-electron chi connectivity index (χ2n) is 7.52. The maximum atomic E-state index is 12.6. The van der Waals surface area contributed by atoms with E-state index in [1.165, 1.54) is 43.9 Å². The van der Waals surface area contributed by atoms with E-state index in [-0.39, 0.29) is 16.2 Å². The van der Waals surface area contributed by atoms with Crippen LogP contribution in [-0.4, -0.2) is 45.2 Å². The molecular weight excluding hydrogens is 414 g/mol. The number of carbonyl (C=O) groups is 2. The SMILES string of the molecule is CN(C)S(=O)(=O)c1cccc(C(=O)OCC(=O)c2ccc3c(c2)-c2ccccc2C3)c1. The highest BCUT2D eigenvalue weighted by Gasteiger charge is 2.21. The van der Waals surface area contributed by atoms with E-state index >= 15 is 0 Å². The molecule has 0 aliphatic heterocycles. The minimum Gasteiger partial charge on any atom is -0.454 e. The van der Waals surface area contributed by atoms with Crippen LogP contribution in [-0.2, 0) is 21.2 Å². The Bertz CT molecular complexity index is 1290. The van der Waals surface area contributed by atoms with Crippen molar-refractivity contribution < 1.29 is 22.7 Å². The summed E-state index contributed by atoms with van der Waals surface area (Å²) in [5.41, 5.74) is 5.05. The zero-order valence-corrected chi connectivity index (χ0v) is 18.0. The summed E-state index contributed by atoms with van der Waals surface area (Å²) in [6.45, 7) is -0.427. The molecule has 0 atom stereocenters. The first-order chi connectivity index (χ1) is 14.8. The van der Waals surface area contributed by atoms with Gasteiger partial charge in [0.15, 0.2) is 12.4 Å². The lowest BCUT2D eigenvalue weighted by Crippen LogP contribution is -2.22. The van der Waals surface area contributed by atoms with Crippen molar-refractivity contribution in [1.82, 2.24) is 4.31 Å². The average Bonchev–Trinajstić information content (AvgIpc) is 3.15. The van der Waals surface area contributed by atoms with E-state index in [4.69, 9.17) is 4.74 Å². The van der Waals surface area contributed by atoms with E-state index in [1.54, 1.807) is 6.07 Å². The fraction of sp³-hybridized carbons (Fsp3) is 0.167. The van der Waals surface area contributed by atoms with Crippen molar-refractivity contribution in [3.63, 3.8) is 0 Å². The summed E-state index contributed by atoms with van der Waals surface area (Å²) in [5, 5.41) is 0. The Kier molecular flexibility index (Phi) is 5.47. The van der Waals surface area contributed by atoms with Gasteiger partial charge in [-0.15, -0.1) is 0 Å². The van der Waals surface area contributed by atoms with E-state index in [0.717, 1.165) is 27.4 Å². The lowest BCUT2D eigenvalue weighted by Gasteiger charge is -2.12. The van der Waals surface area contributed by atoms with Gasteiger partial charge in [0.2, 0.25) is 10.0 Å². The molecule has 0 unspecified atom stereocenters. The number of ether oxygens (including phenoxy) is 1. The normalized spacial score (nSPS) is 12.4. The van der Waals surface area contributed by atoms with Crippen LogP contribution in [0.1, 0.15) is 31.8 Å². The van der Waals surface area contributed by atoms with Crippen molar-refractivity contribution in [3.8, 4) is 11.1 Å². The maximum absolute atomic E-state index is 12.6. The number of rotatable bonds is 6. The van der Waals surface area contributed by atoms with Gasteiger partial charge in [-0.1, -0.05) is 42.5 Å². The average molecular weight is 436 g/mol. The highest BCUT2D eigenvalue weighted by atomic mass is 32.2. The summed E-state index contributed by atoms with van der Waals surface area (Å²) in [4.78, 5) is 25.0. The molecule has 0 heterocycles. The molecule has 158 valence electrons. The molecule has 7 heteroatoms. The number of benzene rings is 3. The van der Waals surface area contributed by atoms with Crippen LogP contribution in [0.3, 0.4) is 0 Å². The van der Waals surface area contributed by atoms with Gasteiger partial charge in [0.05, 0.1) is 10.5 Å². The number of hydrogen-bond acceptors (Lipinski definition) is 5. The Morgan fingerprint density at radius 2 is 1.61 bits per heavy atom. The number of nitrogens with zero attached hydrogens (tertiary/aromatic N) is 1. The minimum absolute atomic E-state index is 0.0180. The molecule has 6 nitrogen and oxygen atoms in total. The number of Topliss-reactive ketones (excluding diaryl/α,β-unsaturated/α-hetero) is 1. The zero-order valence-electron chi connectivity index (χ0n) is 17.2. The molecule has 0 N–H and O–H groups in total. The van der Waals surface area contributed by atoms with E-state index in [1.807, 2.05) is 30.3 Å². The molecule has 1 aliphatic carbocycles. The van der Waals surface area contributed by atoms with Crippen molar-refractivity contribution in [2.24, 2.45) is 0 Å². The summed E-state index contributed by atoms with van der Waals surface area (Å²) >= 11 is 0. The predicted octanol–water partition coefficient (Wildman–Crippen LogP) is 3.55. The Hall–Kier alpha value is -3.29. The summed E-state index contributed by atoms with van der Waals surface area (Å²) in [6.07, 6.45) is 0.834. The molecule has 0 saturated heterocycles. The minimum atomic E-state index is -3.68. The maximum Gasteiger partial charge on any atom is 0.338 e. The second-order valence-corrected chi connectivity index (χ2v) is 9.67. The quantitative estimate of drug-likeness (QED) is 0.342. The van der Waals surface area contributed by atoms with E-state index in [9.17, 15) is 18.0 Å². The van der Waals surface area contributed by atoms with Gasteiger partial charge in [0.1, 0.15) is 0 Å². The highest BCUT2D eigenvalue weighted by molar-refractivity contribution is 7.89. The van der Waals surface area contributed by atoms with Crippen molar-refractivity contribution >= 4 is 21.8 Å². The molecule has 0 saturated carbocycles. The largest absolute Gasteiger partial charge is 0.454 e. The van der Waals surface area contributed by atoms with Crippen LogP contribution in [0.25, 0.3) is 11.1 Å². The van der Waals surface area contributed by atoms with Crippen LogP contribution in [0.4, 0.5) is 0 Å². The number of sulfonamides is 1. The van der Waals surface area contributed by atoms with Gasteiger partial charge in [0, 0.05) is 19.7 Å². The Labute approximate surface area is 181 Å². The zero-order chi connectivity index (χ0) is 22.2. The third-order valence-corrected chi connectivity index (χ3v) is 7.11. The number of carbonyl (C=O) groups excluding carboxylic acids is 2. The second kappa shape index (κ2) is 8.09. The van der Waals surface area contributed by atoms with Crippen molar-refractivity contribution in [3.05, 3.63) is 89.0 Å². The van der Waals surface area contributed by atoms with Crippen LogP contribution in [0.15, 0.2) is 71.6 Å². The van der Waals surface area contributed by atoms with Crippen molar-refractivity contribution in [1.29, 1.82) is 0 Å². The van der Waals surface area contributed by atoms with Gasteiger partial charge >= 0.3 is 5.97 Å². The van der Waals surface area contributed by atoms with Crippen molar-refractivity contribution in [2.45, 2.75) is 11.3 Å². The molecule has 4 rings (SSSR count). The van der Waals surface area contributed by atoms with Crippen LogP contribution in [0, 0.1) is 0 Å². The molecule has 0 aromatic heterocycles. The molecule has 1 aliphatic rings. The molecule has 0 amide bonds. The van der Waals surface area contributed by atoms with E-state index in [0.29, 0.717) is 5.56 Å². The summed E-state index contributed by atoms with van der Waals surface area (Å²) < 4.78 is 30.7. The van der Waals surface area contributed by atoms with Gasteiger partial charge < -0.3 is 4.74 Å². The fourth-order valence-corrected chi connectivity index (χ4v) is 4.54. The molecule has 0 fully saturated rings. The predicted molar refractivity (Wildman–Crippen MR) is 117 cm³/mol. The van der Waals surface area contributed by atoms with Gasteiger partial charge in [-0.2, -0.15) is 0 Å². The lowest BCUT2D eigenvalue weighted by atomic mass is 10.0. The number of ketones is 1. The van der Waals surface area contributed by atoms with Gasteiger partial charge in [-0.05, 0) is 52.9 Å². The van der Waals surface area contributed by atoms with E-state index in [2.05, 4.69) is 6.07 Å². The first-order valence-electron chi connectivity index (χ1n) is 9.71. The standard InChI is InChI=1S/C24H21NO5S/c1-25(2)31(28,29)20-8-5-7-19(13-20)24(27)30-15-23(26)18-11-10-17-12-16-6-3-4-9-21(16)22(17)14-18/h3-11,13-14H,12,15H2,1-2H3. The first-order valence-corrected chi connectivity index (χ1v) is 11.2. The van der Waals surface area contributed by atoms with Crippen LogP contribution >= 0.6 is 0 Å². The topological polar surface area (TPSA) is 80.8 Å². The molecular formula is C24H21NO5S. The molecule has 3 aromatic rings. The van der Waals surface area contributed by atoms with Gasteiger partial charge in [-0.25, -0.2) is 17.5 Å². The van der Waals surface area contributed by atoms with Crippen LogP contribution < -0.4 is 0 Å². The monoisotopic (exact) mass is 435 g/mol. The summed E-state index contributed by atoms with van der Waals surface area (Å²) in [5.74, 6) is -1.08. The summed E-state index contributed by atoms with van der Waals surface area (Å²) in [6, 6.07) is 19.1. The third kappa shape index (κ3) is 4.02. The fourth-order valence-electron chi connectivity index (χ4n) is 3.59. The molecule has 0 spiro atoms. The first kappa shape index (κ1) is 21.0.